The summed E-state index contributed by atoms with van der Waals surface area (Å²) in [5.74, 6) is 2.25. The monoisotopic (exact) mass is 547 g/mol. The van der Waals surface area contributed by atoms with Crippen LogP contribution in [0, 0.1) is 5.92 Å². The number of hydrogen-bond donors (Lipinski definition) is 3. The number of hydrogen-bond acceptors (Lipinski definition) is 5. The predicted molar refractivity (Wildman–Crippen MR) is 135 cm³/mol. The number of primary amides is 1. The summed E-state index contributed by atoms with van der Waals surface area (Å²) >= 11 is 0. The zero-order valence-corrected chi connectivity index (χ0v) is 21.3. The van der Waals surface area contributed by atoms with Crippen molar-refractivity contribution in [3.8, 4) is 11.5 Å². The van der Waals surface area contributed by atoms with Gasteiger partial charge in [0.2, 0.25) is 5.91 Å². The van der Waals surface area contributed by atoms with Gasteiger partial charge in [-0.05, 0) is 64.4 Å². The largest absolute Gasteiger partial charge is 0.497 e. The zero-order valence-electron chi connectivity index (χ0n) is 18.9. The van der Waals surface area contributed by atoms with Crippen molar-refractivity contribution in [3.63, 3.8) is 0 Å². The van der Waals surface area contributed by atoms with E-state index in [1.165, 1.54) is 0 Å². The van der Waals surface area contributed by atoms with Gasteiger partial charge in [0.1, 0.15) is 17.6 Å². The fourth-order valence-electron chi connectivity index (χ4n) is 3.52. The molecule has 0 aliphatic carbocycles. The lowest BCUT2D eigenvalue weighted by atomic mass is 9.96. The van der Waals surface area contributed by atoms with E-state index in [0.717, 1.165) is 69.3 Å². The highest BCUT2D eigenvalue weighted by Crippen LogP contribution is 2.20. The molecule has 4 N–H and O–H groups in total. The average Bonchev–Trinajstić information content (AvgIpc) is 2.76. The van der Waals surface area contributed by atoms with Gasteiger partial charge in [0.05, 0.1) is 13.7 Å². The number of halogens is 1. The molecule has 1 aromatic carbocycles. The topological polar surface area (TPSA) is 101 Å². The molecule has 1 heterocycles. The van der Waals surface area contributed by atoms with Gasteiger partial charge < -0.3 is 30.7 Å². The summed E-state index contributed by atoms with van der Waals surface area (Å²) in [4.78, 5) is 17.9. The molecule has 1 unspecified atom stereocenters. The third kappa shape index (κ3) is 10.4. The summed E-state index contributed by atoms with van der Waals surface area (Å²) < 4.78 is 11.1. The van der Waals surface area contributed by atoms with E-state index in [1.54, 1.807) is 14.2 Å². The molecular formula is C22H38IN5O3. The van der Waals surface area contributed by atoms with Crippen LogP contribution in [-0.2, 0) is 4.79 Å². The summed E-state index contributed by atoms with van der Waals surface area (Å²) in [6, 6.07) is 7.60. The van der Waals surface area contributed by atoms with E-state index >= 15 is 0 Å². The predicted octanol–water partition coefficient (Wildman–Crippen LogP) is 2.22. The molecule has 8 nitrogen and oxygen atoms in total. The van der Waals surface area contributed by atoms with Gasteiger partial charge in [-0.2, -0.15) is 0 Å². The highest BCUT2D eigenvalue weighted by Gasteiger charge is 2.22. The van der Waals surface area contributed by atoms with Gasteiger partial charge in [-0.3, -0.25) is 9.79 Å². The number of amides is 1. The van der Waals surface area contributed by atoms with Crippen LogP contribution in [0.2, 0.25) is 0 Å². The van der Waals surface area contributed by atoms with E-state index in [2.05, 4.69) is 20.5 Å². The van der Waals surface area contributed by atoms with E-state index in [-0.39, 0.29) is 41.9 Å². The Kier molecular flexibility index (Phi) is 13.3. The van der Waals surface area contributed by atoms with Crippen LogP contribution in [0.1, 0.15) is 32.6 Å². The van der Waals surface area contributed by atoms with E-state index in [0.29, 0.717) is 6.54 Å². The fourth-order valence-corrected chi connectivity index (χ4v) is 3.52. The van der Waals surface area contributed by atoms with Crippen molar-refractivity contribution in [1.29, 1.82) is 0 Å². The first-order valence-corrected chi connectivity index (χ1v) is 10.8. The summed E-state index contributed by atoms with van der Waals surface area (Å²) in [7, 11) is 3.41. The number of rotatable bonds is 11. The minimum absolute atomic E-state index is 0. The average molecular weight is 547 g/mol. The molecule has 0 radical (unpaired) electrons. The van der Waals surface area contributed by atoms with Gasteiger partial charge in [-0.1, -0.05) is 6.07 Å². The molecule has 1 amide bonds. The highest BCUT2D eigenvalue weighted by atomic mass is 127. The molecule has 176 valence electrons. The number of nitrogens with zero attached hydrogens (tertiary/aromatic N) is 2. The molecule has 0 spiro atoms. The Morgan fingerprint density at radius 3 is 2.61 bits per heavy atom. The third-order valence-electron chi connectivity index (χ3n) is 5.34. The molecular weight excluding hydrogens is 509 g/mol. The van der Waals surface area contributed by atoms with Crippen LogP contribution in [0.5, 0.6) is 11.5 Å². The van der Waals surface area contributed by atoms with Gasteiger partial charge in [0, 0.05) is 25.6 Å². The molecule has 1 atom stereocenters. The van der Waals surface area contributed by atoms with Crippen LogP contribution in [0.25, 0.3) is 0 Å². The number of nitrogens with two attached hydrogens (primary N) is 1. The van der Waals surface area contributed by atoms with Crippen LogP contribution in [0.4, 0.5) is 0 Å². The van der Waals surface area contributed by atoms with E-state index in [1.807, 2.05) is 31.2 Å². The summed E-state index contributed by atoms with van der Waals surface area (Å²) in [6.45, 7) is 6.52. The number of ether oxygens (including phenoxy) is 2. The van der Waals surface area contributed by atoms with Gasteiger partial charge in [-0.15, -0.1) is 24.0 Å². The maximum Gasteiger partial charge on any atom is 0.220 e. The Labute approximate surface area is 203 Å². The molecule has 1 aromatic rings. The van der Waals surface area contributed by atoms with Crippen LogP contribution in [0.3, 0.4) is 0 Å². The van der Waals surface area contributed by atoms with Crippen molar-refractivity contribution in [2.45, 2.75) is 38.7 Å². The van der Waals surface area contributed by atoms with Gasteiger partial charge in [0.15, 0.2) is 5.96 Å². The quantitative estimate of drug-likeness (QED) is 0.170. The van der Waals surface area contributed by atoms with E-state index < -0.39 is 0 Å². The number of aliphatic imine (C=N–C) groups is 1. The Hall–Kier alpha value is -1.75. The van der Waals surface area contributed by atoms with Crippen LogP contribution in [0.15, 0.2) is 29.3 Å². The molecule has 31 heavy (non-hydrogen) atoms. The maximum absolute atomic E-state index is 11.2. The smallest absolute Gasteiger partial charge is 0.220 e. The highest BCUT2D eigenvalue weighted by molar-refractivity contribution is 14.0. The first-order valence-electron chi connectivity index (χ1n) is 10.8. The number of piperidine rings is 1. The normalized spacial score (nSPS) is 16.2. The van der Waals surface area contributed by atoms with E-state index in [9.17, 15) is 4.79 Å². The molecule has 1 aliphatic rings. The van der Waals surface area contributed by atoms with Crippen LogP contribution >= 0.6 is 24.0 Å². The molecule has 0 aromatic heterocycles. The SMILES string of the molecule is CN=C(NCCCCN1CCC(C(N)=O)CC1)NCC(C)Oc1cccc(OC)c1.I. The number of benzene rings is 1. The zero-order chi connectivity index (χ0) is 21.8. The molecule has 1 aliphatic heterocycles. The number of methoxy groups -OCH3 is 1. The molecule has 1 fully saturated rings. The molecule has 9 heteroatoms. The Morgan fingerprint density at radius 1 is 1.26 bits per heavy atom. The number of guanidine groups is 1. The minimum atomic E-state index is -0.152. The Bertz CT molecular complexity index is 681. The van der Waals surface area contributed by atoms with Gasteiger partial charge in [0.25, 0.3) is 0 Å². The van der Waals surface area contributed by atoms with Crippen LogP contribution < -0.4 is 25.8 Å². The number of carbonyl (C=O) groups is 1. The summed E-state index contributed by atoms with van der Waals surface area (Å²) in [6.07, 6.45) is 3.94. The Balaban J connectivity index is 0.00000480. The number of nitrogens with one attached hydrogen (secondary N) is 2. The standard InChI is InChI=1S/C22H37N5O3.HI/c1-17(30-20-8-6-7-19(15-20)29-3)16-26-22(24-2)25-11-4-5-12-27-13-9-18(10-14-27)21(23)28;/h6-8,15,17-18H,4-5,9-14,16H2,1-3H3,(H2,23,28)(H2,24,25,26);1H. The van der Waals surface area contributed by atoms with Crippen molar-refractivity contribution >= 4 is 35.8 Å². The maximum atomic E-state index is 11.2. The first kappa shape index (κ1) is 27.3. The molecule has 0 bridgehead atoms. The molecule has 1 saturated heterocycles. The second kappa shape index (κ2) is 15.1. The summed E-state index contributed by atoms with van der Waals surface area (Å²) in [5.41, 5.74) is 5.39. The molecule has 2 rings (SSSR count). The second-order valence-electron chi connectivity index (χ2n) is 7.71. The third-order valence-corrected chi connectivity index (χ3v) is 5.34. The van der Waals surface area contributed by atoms with Crippen molar-refractivity contribution in [2.24, 2.45) is 16.6 Å². The lowest BCUT2D eigenvalue weighted by molar-refractivity contribution is -0.123. The van der Waals surface area contributed by atoms with Gasteiger partial charge in [-0.25, -0.2) is 0 Å². The van der Waals surface area contributed by atoms with Crippen molar-refractivity contribution in [2.75, 3.05) is 46.9 Å². The second-order valence-corrected chi connectivity index (χ2v) is 7.71. The van der Waals surface area contributed by atoms with Crippen molar-refractivity contribution in [3.05, 3.63) is 24.3 Å². The van der Waals surface area contributed by atoms with Crippen molar-refractivity contribution < 1.29 is 14.3 Å². The lowest BCUT2D eigenvalue weighted by Gasteiger charge is -2.30. The Morgan fingerprint density at radius 2 is 1.97 bits per heavy atom. The van der Waals surface area contributed by atoms with E-state index in [4.69, 9.17) is 15.2 Å². The number of likely N-dealkylation sites (tertiary alicyclic amines) is 1. The number of carbonyl (C=O) groups excluding carboxylic acids is 1. The number of unbranched alkanes of at least 4 members (excludes halogenated alkanes) is 1. The molecule has 0 saturated carbocycles. The fraction of sp³-hybridized carbons (Fsp3) is 0.636. The minimum Gasteiger partial charge on any atom is -0.497 e. The van der Waals surface area contributed by atoms with Crippen molar-refractivity contribution in [1.82, 2.24) is 15.5 Å². The summed E-state index contributed by atoms with van der Waals surface area (Å²) in [5, 5.41) is 6.65. The first-order chi connectivity index (χ1) is 14.5. The van der Waals surface area contributed by atoms with Gasteiger partial charge >= 0.3 is 0 Å². The lowest BCUT2D eigenvalue weighted by Crippen LogP contribution is -2.42. The van der Waals surface area contributed by atoms with Crippen LogP contribution in [-0.4, -0.2) is 69.8 Å².